The van der Waals surface area contributed by atoms with Crippen molar-refractivity contribution in [3.8, 4) is 6.07 Å². The van der Waals surface area contributed by atoms with Gasteiger partial charge in [0.2, 0.25) is 0 Å². The Kier molecular flexibility index (Phi) is 5.36. The van der Waals surface area contributed by atoms with Gasteiger partial charge in [-0.2, -0.15) is 5.26 Å². The molecule has 25 heavy (non-hydrogen) atoms. The zero-order valence-corrected chi connectivity index (χ0v) is 16.2. The Hall–Kier alpha value is -1.57. The van der Waals surface area contributed by atoms with Gasteiger partial charge in [0.1, 0.15) is 0 Å². The lowest BCUT2D eigenvalue weighted by molar-refractivity contribution is 0.0187. The highest BCUT2D eigenvalue weighted by Crippen LogP contribution is 2.28. The van der Waals surface area contributed by atoms with E-state index in [0.29, 0.717) is 0 Å². The van der Waals surface area contributed by atoms with Crippen LogP contribution in [0.15, 0.2) is 24.3 Å². The average Bonchev–Trinajstić information content (AvgIpc) is 2.61. The van der Waals surface area contributed by atoms with Crippen molar-refractivity contribution in [2.24, 2.45) is 5.92 Å². The first-order valence-corrected chi connectivity index (χ1v) is 9.62. The molecule has 0 spiro atoms. The van der Waals surface area contributed by atoms with E-state index in [9.17, 15) is 0 Å². The minimum atomic E-state index is 0.285. The van der Waals surface area contributed by atoms with Crippen LogP contribution in [-0.2, 0) is 0 Å². The Balaban J connectivity index is 1.55. The Morgan fingerprint density at radius 2 is 1.64 bits per heavy atom. The lowest BCUT2D eigenvalue weighted by atomic mass is 9.89. The molecule has 1 aromatic carbocycles. The zero-order valence-electron chi connectivity index (χ0n) is 16.2. The topological polar surface area (TPSA) is 33.5 Å². The molecule has 4 nitrogen and oxygen atoms in total. The molecule has 1 aromatic rings. The second kappa shape index (κ2) is 7.35. The number of likely N-dealkylation sites (tertiary alicyclic amines) is 1. The third-order valence-corrected chi connectivity index (χ3v) is 5.95. The summed E-state index contributed by atoms with van der Waals surface area (Å²) in [7, 11) is 0. The molecule has 136 valence electrons. The zero-order chi connectivity index (χ0) is 18.0. The number of hydrogen-bond donors (Lipinski definition) is 0. The van der Waals surface area contributed by atoms with Crippen LogP contribution in [0.2, 0.25) is 0 Å². The van der Waals surface area contributed by atoms with Crippen molar-refractivity contribution < 1.29 is 0 Å². The summed E-state index contributed by atoms with van der Waals surface area (Å²) in [6, 6.07) is 10.9. The molecule has 0 aromatic heterocycles. The van der Waals surface area contributed by atoms with Crippen LogP contribution >= 0.6 is 0 Å². The molecule has 0 N–H and O–H groups in total. The summed E-state index contributed by atoms with van der Waals surface area (Å²) in [5, 5.41) is 8.94. The van der Waals surface area contributed by atoms with Gasteiger partial charge in [0, 0.05) is 56.5 Å². The molecule has 2 unspecified atom stereocenters. The number of benzene rings is 1. The standard InChI is InChI=1S/C21H32N4/c1-17-16-25(21(2,3)4)10-9-20(17)24-13-11-23(12-14-24)19-7-5-18(15-22)6-8-19/h5-8,17,20H,9-14,16H2,1-4H3. The summed E-state index contributed by atoms with van der Waals surface area (Å²) in [5.41, 5.74) is 2.27. The molecule has 2 saturated heterocycles. The highest BCUT2D eigenvalue weighted by atomic mass is 15.3. The molecule has 3 rings (SSSR count). The van der Waals surface area contributed by atoms with Crippen molar-refractivity contribution in [1.82, 2.24) is 9.80 Å². The quantitative estimate of drug-likeness (QED) is 0.828. The molecule has 2 fully saturated rings. The number of nitrogens with zero attached hydrogens (tertiary/aromatic N) is 4. The molecule has 0 saturated carbocycles. The normalized spacial score (nSPS) is 26.4. The maximum atomic E-state index is 8.94. The lowest BCUT2D eigenvalue weighted by Gasteiger charge is -2.49. The summed E-state index contributed by atoms with van der Waals surface area (Å²) in [4.78, 5) is 7.80. The van der Waals surface area contributed by atoms with Crippen LogP contribution in [0.4, 0.5) is 5.69 Å². The van der Waals surface area contributed by atoms with E-state index in [1.54, 1.807) is 0 Å². The Bertz CT molecular complexity index is 602. The van der Waals surface area contributed by atoms with Crippen LogP contribution in [0.5, 0.6) is 0 Å². The first-order chi connectivity index (χ1) is 11.9. The van der Waals surface area contributed by atoms with E-state index in [0.717, 1.165) is 43.7 Å². The van der Waals surface area contributed by atoms with Gasteiger partial charge in [0.25, 0.3) is 0 Å². The maximum Gasteiger partial charge on any atom is 0.0991 e. The third kappa shape index (κ3) is 4.16. The van der Waals surface area contributed by atoms with Crippen molar-refractivity contribution in [1.29, 1.82) is 5.26 Å². The SMILES string of the molecule is CC1CN(C(C)(C)C)CCC1N1CCN(c2ccc(C#N)cc2)CC1. The van der Waals surface area contributed by atoms with E-state index in [2.05, 4.69) is 60.6 Å². The maximum absolute atomic E-state index is 8.94. The van der Waals surface area contributed by atoms with E-state index in [4.69, 9.17) is 5.26 Å². The van der Waals surface area contributed by atoms with Crippen LogP contribution < -0.4 is 4.90 Å². The summed E-state index contributed by atoms with van der Waals surface area (Å²) in [5.74, 6) is 0.731. The number of rotatable bonds is 2. The molecule has 2 aliphatic heterocycles. The van der Waals surface area contributed by atoms with Crippen molar-refractivity contribution in [3.05, 3.63) is 29.8 Å². The molecular weight excluding hydrogens is 308 g/mol. The molecule has 0 radical (unpaired) electrons. The molecular formula is C21H32N4. The number of nitriles is 1. The molecule has 0 bridgehead atoms. The molecule has 0 aliphatic carbocycles. The average molecular weight is 341 g/mol. The first-order valence-electron chi connectivity index (χ1n) is 9.62. The van der Waals surface area contributed by atoms with Gasteiger partial charge >= 0.3 is 0 Å². The van der Waals surface area contributed by atoms with Gasteiger partial charge in [-0.05, 0) is 57.4 Å². The van der Waals surface area contributed by atoms with E-state index in [1.807, 2.05) is 12.1 Å². The Labute approximate surface area is 153 Å². The lowest BCUT2D eigenvalue weighted by Crippen LogP contribution is -2.58. The summed E-state index contributed by atoms with van der Waals surface area (Å²) in [6.07, 6.45) is 1.29. The van der Waals surface area contributed by atoms with Gasteiger partial charge in [0.05, 0.1) is 11.6 Å². The Morgan fingerprint density at radius 1 is 1.00 bits per heavy atom. The molecule has 2 aliphatic rings. The highest BCUT2D eigenvalue weighted by Gasteiger charge is 2.35. The second-order valence-electron chi connectivity index (χ2n) is 8.63. The minimum absolute atomic E-state index is 0.285. The summed E-state index contributed by atoms with van der Waals surface area (Å²) < 4.78 is 0. The van der Waals surface area contributed by atoms with Crippen molar-refractivity contribution in [2.45, 2.75) is 45.7 Å². The monoisotopic (exact) mass is 340 g/mol. The largest absolute Gasteiger partial charge is 0.369 e. The minimum Gasteiger partial charge on any atom is -0.369 e. The van der Waals surface area contributed by atoms with E-state index < -0.39 is 0 Å². The summed E-state index contributed by atoms with van der Waals surface area (Å²) in [6.45, 7) is 16.3. The molecule has 2 heterocycles. The van der Waals surface area contributed by atoms with Gasteiger partial charge in [-0.1, -0.05) is 6.92 Å². The molecule has 2 atom stereocenters. The first kappa shape index (κ1) is 18.2. The number of anilines is 1. The molecule has 0 amide bonds. The van der Waals surface area contributed by atoms with Gasteiger partial charge in [-0.15, -0.1) is 0 Å². The van der Waals surface area contributed by atoms with Crippen LogP contribution in [0.3, 0.4) is 0 Å². The Morgan fingerprint density at radius 3 is 2.16 bits per heavy atom. The van der Waals surface area contributed by atoms with Gasteiger partial charge in [-0.25, -0.2) is 0 Å². The fourth-order valence-corrected chi connectivity index (χ4v) is 4.34. The highest BCUT2D eigenvalue weighted by molar-refractivity contribution is 5.50. The van der Waals surface area contributed by atoms with Crippen LogP contribution in [-0.4, -0.2) is 60.6 Å². The fraction of sp³-hybridized carbons (Fsp3) is 0.667. The predicted octanol–water partition coefficient (Wildman–Crippen LogP) is 3.19. The van der Waals surface area contributed by atoms with E-state index >= 15 is 0 Å². The number of hydrogen-bond acceptors (Lipinski definition) is 4. The van der Waals surface area contributed by atoms with Crippen molar-refractivity contribution in [3.63, 3.8) is 0 Å². The van der Waals surface area contributed by atoms with E-state index in [-0.39, 0.29) is 5.54 Å². The van der Waals surface area contributed by atoms with E-state index in [1.165, 1.54) is 25.2 Å². The predicted molar refractivity (Wildman–Crippen MR) is 104 cm³/mol. The van der Waals surface area contributed by atoms with Gasteiger partial charge in [-0.3, -0.25) is 9.80 Å². The fourth-order valence-electron chi connectivity index (χ4n) is 4.34. The van der Waals surface area contributed by atoms with Crippen molar-refractivity contribution >= 4 is 5.69 Å². The van der Waals surface area contributed by atoms with Gasteiger partial charge in [0.15, 0.2) is 0 Å². The molecule has 4 heteroatoms. The van der Waals surface area contributed by atoms with Gasteiger partial charge < -0.3 is 4.90 Å². The van der Waals surface area contributed by atoms with Crippen LogP contribution in [0.25, 0.3) is 0 Å². The second-order valence-corrected chi connectivity index (χ2v) is 8.63. The smallest absolute Gasteiger partial charge is 0.0991 e. The number of piperazine rings is 1. The summed E-state index contributed by atoms with van der Waals surface area (Å²) >= 11 is 0. The van der Waals surface area contributed by atoms with Crippen LogP contribution in [0.1, 0.15) is 39.7 Å². The van der Waals surface area contributed by atoms with Crippen LogP contribution in [0, 0.1) is 17.2 Å². The number of piperidine rings is 1. The third-order valence-electron chi connectivity index (χ3n) is 5.95. The van der Waals surface area contributed by atoms with Crippen molar-refractivity contribution in [2.75, 3.05) is 44.2 Å².